The Balaban J connectivity index is 1.88. The van der Waals surface area contributed by atoms with Crippen molar-refractivity contribution in [2.45, 2.75) is 0 Å². The number of rotatable bonds is 1. The van der Waals surface area contributed by atoms with Crippen molar-refractivity contribution in [3.63, 3.8) is 0 Å². The summed E-state index contributed by atoms with van der Waals surface area (Å²) in [6, 6.07) is 11.2. The quantitative estimate of drug-likeness (QED) is 0.645. The molecule has 0 unspecified atom stereocenters. The summed E-state index contributed by atoms with van der Waals surface area (Å²) in [6.45, 7) is 0. The number of fused-ring (bicyclic) bond motifs is 2. The van der Waals surface area contributed by atoms with Crippen LogP contribution in [0.3, 0.4) is 0 Å². The SMILES string of the molecule is Cn1c(=NN=C2C(=O)Nc3c(Cl)cc(Cl)cc32)sc2ccccc21. The van der Waals surface area contributed by atoms with Crippen LogP contribution in [0.25, 0.3) is 10.2 Å². The minimum atomic E-state index is -0.346. The summed E-state index contributed by atoms with van der Waals surface area (Å²) in [7, 11) is 1.91. The first-order valence-corrected chi connectivity index (χ1v) is 8.59. The molecule has 1 aromatic heterocycles. The molecule has 0 spiro atoms. The van der Waals surface area contributed by atoms with Crippen LogP contribution in [0, 0.1) is 0 Å². The average molecular weight is 377 g/mol. The van der Waals surface area contributed by atoms with Crippen LogP contribution in [0.2, 0.25) is 10.0 Å². The summed E-state index contributed by atoms with van der Waals surface area (Å²) in [6.07, 6.45) is 0. The van der Waals surface area contributed by atoms with Crippen LogP contribution in [0.1, 0.15) is 5.56 Å². The summed E-state index contributed by atoms with van der Waals surface area (Å²) in [5.41, 5.74) is 2.33. The van der Waals surface area contributed by atoms with E-state index in [4.69, 9.17) is 23.2 Å². The minimum absolute atomic E-state index is 0.201. The number of hydrogen-bond donors (Lipinski definition) is 1. The van der Waals surface area contributed by atoms with Crippen LogP contribution in [0.15, 0.2) is 46.6 Å². The zero-order valence-electron chi connectivity index (χ0n) is 12.4. The average Bonchev–Trinajstić information content (AvgIpc) is 3.04. The lowest BCUT2D eigenvalue weighted by Gasteiger charge is -2.00. The van der Waals surface area contributed by atoms with Gasteiger partial charge in [0.25, 0.3) is 5.91 Å². The number of amides is 1. The lowest BCUT2D eigenvalue weighted by Crippen LogP contribution is -2.15. The van der Waals surface area contributed by atoms with Gasteiger partial charge in [0, 0.05) is 17.6 Å². The second kappa shape index (κ2) is 5.73. The predicted octanol–water partition coefficient (Wildman–Crippen LogP) is 3.80. The summed E-state index contributed by atoms with van der Waals surface area (Å²) < 4.78 is 3.03. The summed E-state index contributed by atoms with van der Waals surface area (Å²) >= 11 is 13.6. The van der Waals surface area contributed by atoms with Crippen molar-refractivity contribution in [3.8, 4) is 0 Å². The van der Waals surface area contributed by atoms with Crippen LogP contribution in [-0.2, 0) is 11.8 Å². The fourth-order valence-corrected chi connectivity index (χ4v) is 4.06. The van der Waals surface area contributed by atoms with E-state index in [-0.39, 0.29) is 11.6 Å². The van der Waals surface area contributed by atoms with Gasteiger partial charge in [0.05, 0.1) is 20.9 Å². The Morgan fingerprint density at radius 1 is 1.17 bits per heavy atom. The molecule has 0 aliphatic carbocycles. The highest BCUT2D eigenvalue weighted by Gasteiger charge is 2.28. The van der Waals surface area contributed by atoms with Crippen molar-refractivity contribution in [1.82, 2.24) is 4.57 Å². The second-order valence-electron chi connectivity index (χ2n) is 5.22. The molecule has 1 N–H and O–H groups in total. The molecule has 0 radical (unpaired) electrons. The normalized spacial score (nSPS) is 16.0. The number of hydrogen-bond acceptors (Lipinski definition) is 4. The van der Waals surface area contributed by atoms with E-state index in [1.54, 1.807) is 12.1 Å². The van der Waals surface area contributed by atoms with E-state index >= 15 is 0 Å². The first kappa shape index (κ1) is 15.4. The molecular weight excluding hydrogens is 367 g/mol. The van der Waals surface area contributed by atoms with Crippen molar-refractivity contribution < 1.29 is 4.79 Å². The smallest absolute Gasteiger partial charge is 0.276 e. The lowest BCUT2D eigenvalue weighted by atomic mass is 10.1. The third-order valence-corrected chi connectivity index (χ3v) is 5.33. The van der Waals surface area contributed by atoms with E-state index in [0.29, 0.717) is 26.1 Å². The second-order valence-corrected chi connectivity index (χ2v) is 7.08. The van der Waals surface area contributed by atoms with Gasteiger partial charge in [-0.15, -0.1) is 10.2 Å². The summed E-state index contributed by atoms with van der Waals surface area (Å²) in [5.74, 6) is -0.346. The van der Waals surface area contributed by atoms with Crippen LogP contribution >= 0.6 is 34.5 Å². The number of para-hydroxylation sites is 1. The Kier molecular flexibility index (Phi) is 3.68. The molecule has 0 saturated heterocycles. The molecule has 24 heavy (non-hydrogen) atoms. The predicted molar refractivity (Wildman–Crippen MR) is 98.0 cm³/mol. The van der Waals surface area contributed by atoms with Crippen LogP contribution < -0.4 is 10.1 Å². The van der Waals surface area contributed by atoms with Gasteiger partial charge in [-0.1, -0.05) is 46.7 Å². The largest absolute Gasteiger partial charge is 0.319 e. The number of nitrogens with one attached hydrogen (secondary N) is 1. The van der Waals surface area contributed by atoms with Crippen LogP contribution in [0.5, 0.6) is 0 Å². The first-order valence-electron chi connectivity index (χ1n) is 7.01. The van der Waals surface area contributed by atoms with E-state index in [9.17, 15) is 4.79 Å². The maximum absolute atomic E-state index is 12.2. The molecule has 4 rings (SSSR count). The van der Waals surface area contributed by atoms with E-state index < -0.39 is 0 Å². The number of halogens is 2. The van der Waals surface area contributed by atoms with E-state index in [1.165, 1.54) is 11.3 Å². The zero-order chi connectivity index (χ0) is 16.8. The number of thiazole rings is 1. The molecular formula is C16H10Cl2N4OS. The van der Waals surface area contributed by atoms with Gasteiger partial charge in [0.1, 0.15) is 0 Å². The standard InChI is InChI=1S/C16H10Cl2N4OS/c1-22-11-4-2-3-5-12(11)24-16(22)21-20-14-9-6-8(17)7-10(18)13(9)19-15(14)23/h2-7H,1H3,(H,19,20,23). The number of anilines is 1. The molecule has 1 aliphatic rings. The van der Waals surface area contributed by atoms with Crippen LogP contribution in [0.4, 0.5) is 5.69 Å². The van der Waals surface area contributed by atoms with Crippen LogP contribution in [-0.4, -0.2) is 16.2 Å². The summed E-state index contributed by atoms with van der Waals surface area (Å²) in [5, 5.41) is 11.9. The fourth-order valence-electron chi connectivity index (χ4n) is 2.55. The Morgan fingerprint density at radius 3 is 2.75 bits per heavy atom. The van der Waals surface area contributed by atoms with Crippen molar-refractivity contribution >= 4 is 62.1 Å². The molecule has 1 amide bonds. The number of carbonyl (C=O) groups is 1. The van der Waals surface area contributed by atoms with Crippen molar-refractivity contribution in [3.05, 3.63) is 56.8 Å². The topological polar surface area (TPSA) is 58.8 Å². The Morgan fingerprint density at radius 2 is 1.96 bits per heavy atom. The molecule has 5 nitrogen and oxygen atoms in total. The van der Waals surface area contributed by atoms with E-state index in [0.717, 1.165) is 10.2 Å². The van der Waals surface area contributed by atoms with Gasteiger partial charge < -0.3 is 9.88 Å². The number of nitrogens with zero attached hydrogens (tertiary/aromatic N) is 3. The molecule has 1 aliphatic heterocycles. The molecule has 2 heterocycles. The highest BCUT2D eigenvalue weighted by atomic mass is 35.5. The van der Waals surface area contributed by atoms with Gasteiger partial charge in [-0.25, -0.2) is 0 Å². The third kappa shape index (κ3) is 2.43. The maximum atomic E-state index is 12.2. The molecule has 0 saturated carbocycles. The van der Waals surface area contributed by atoms with Gasteiger partial charge in [0.2, 0.25) is 4.80 Å². The molecule has 0 bridgehead atoms. The summed E-state index contributed by atoms with van der Waals surface area (Å²) in [4.78, 5) is 12.9. The fraction of sp³-hybridized carbons (Fsp3) is 0.0625. The Hall–Kier alpha value is -2.15. The van der Waals surface area contributed by atoms with Gasteiger partial charge in [-0.05, 0) is 24.3 Å². The monoisotopic (exact) mass is 376 g/mol. The number of aromatic nitrogens is 1. The van der Waals surface area contributed by atoms with Crippen molar-refractivity contribution in [2.24, 2.45) is 17.3 Å². The molecule has 0 atom stereocenters. The highest BCUT2D eigenvalue weighted by Crippen LogP contribution is 2.34. The van der Waals surface area contributed by atoms with Gasteiger partial charge in [-0.2, -0.15) is 0 Å². The molecule has 0 fully saturated rings. The van der Waals surface area contributed by atoms with Gasteiger partial charge >= 0.3 is 0 Å². The third-order valence-electron chi connectivity index (χ3n) is 3.71. The molecule has 8 heteroatoms. The minimum Gasteiger partial charge on any atom is -0.319 e. The molecule has 2 aromatic carbocycles. The highest BCUT2D eigenvalue weighted by molar-refractivity contribution is 7.16. The molecule has 3 aromatic rings. The molecule has 120 valence electrons. The van der Waals surface area contributed by atoms with Crippen molar-refractivity contribution in [1.29, 1.82) is 0 Å². The maximum Gasteiger partial charge on any atom is 0.276 e. The zero-order valence-corrected chi connectivity index (χ0v) is 14.7. The van der Waals surface area contributed by atoms with E-state index in [2.05, 4.69) is 15.5 Å². The van der Waals surface area contributed by atoms with E-state index in [1.807, 2.05) is 35.9 Å². The Labute approximate surface area is 150 Å². The first-order chi connectivity index (χ1) is 11.5. The number of benzene rings is 2. The number of aryl methyl sites for hydroxylation is 1. The van der Waals surface area contributed by atoms with Gasteiger partial charge in [0.15, 0.2) is 5.71 Å². The van der Waals surface area contributed by atoms with Crippen molar-refractivity contribution in [2.75, 3.05) is 5.32 Å². The Bertz CT molecular complexity index is 1100. The van der Waals surface area contributed by atoms with Gasteiger partial charge in [-0.3, -0.25) is 4.79 Å². The number of carbonyl (C=O) groups excluding carboxylic acids is 1. The lowest BCUT2D eigenvalue weighted by molar-refractivity contribution is -0.110.